The Balaban J connectivity index is 1.58. The smallest absolute Gasteiger partial charge is 0.250 e. The summed E-state index contributed by atoms with van der Waals surface area (Å²) in [7, 11) is 1.49. The van der Waals surface area contributed by atoms with Gasteiger partial charge in [0.15, 0.2) is 0 Å². The SMILES string of the molecule is COc1cc(Cl)c(C)cc1N1C(=O)[C@@H]2[C@H]3CCCN3[C@]3(C(=O)Nc4c(C)cc(C)cc43)[C@@H]2C1=O. The number of fused-ring (bicyclic) bond motifs is 7. The molecule has 8 heteroatoms. The van der Waals surface area contributed by atoms with Crippen LogP contribution in [0.5, 0.6) is 5.75 Å². The van der Waals surface area contributed by atoms with E-state index in [-0.39, 0.29) is 23.8 Å². The van der Waals surface area contributed by atoms with Crippen LogP contribution < -0.4 is 15.0 Å². The minimum Gasteiger partial charge on any atom is -0.495 e. The maximum atomic E-state index is 14.2. The van der Waals surface area contributed by atoms with E-state index in [2.05, 4.69) is 10.2 Å². The fraction of sp³-hybridized carbons (Fsp3) is 0.423. The highest BCUT2D eigenvalue weighted by Crippen LogP contribution is 2.61. The highest BCUT2D eigenvalue weighted by molar-refractivity contribution is 6.32. The van der Waals surface area contributed by atoms with Crippen molar-refractivity contribution in [3.63, 3.8) is 0 Å². The Labute approximate surface area is 203 Å². The molecule has 0 radical (unpaired) electrons. The molecule has 3 amide bonds. The molecule has 0 bridgehead atoms. The molecule has 4 aliphatic rings. The van der Waals surface area contributed by atoms with Gasteiger partial charge in [0.2, 0.25) is 17.7 Å². The standard InChI is InChI=1S/C26H26ClN3O4/c1-12-8-14(3)22-15(9-12)26(25(33)28-22)21-20(17-6-5-7-29(17)26)23(31)30(24(21)32)18-10-13(2)16(27)11-19(18)34-4/h8-11,17,20-21H,5-7H2,1-4H3,(H,28,33)/t17-,20-,21+,26+/m1/s1. The monoisotopic (exact) mass is 479 g/mol. The molecular formula is C26H26ClN3O4. The van der Waals surface area contributed by atoms with Gasteiger partial charge in [-0.2, -0.15) is 0 Å². The summed E-state index contributed by atoms with van der Waals surface area (Å²) < 4.78 is 5.50. The lowest BCUT2D eigenvalue weighted by molar-refractivity contribution is -0.135. The molecule has 1 spiro atoms. The van der Waals surface area contributed by atoms with Crippen LogP contribution in [0.15, 0.2) is 24.3 Å². The Kier molecular flexibility index (Phi) is 4.49. The summed E-state index contributed by atoms with van der Waals surface area (Å²) in [6.07, 6.45) is 1.66. The Morgan fingerprint density at radius 3 is 2.56 bits per heavy atom. The molecule has 3 saturated heterocycles. The van der Waals surface area contributed by atoms with Crippen molar-refractivity contribution in [3.8, 4) is 5.75 Å². The Morgan fingerprint density at radius 2 is 1.82 bits per heavy atom. The van der Waals surface area contributed by atoms with Crippen LogP contribution in [0.2, 0.25) is 5.02 Å². The van der Waals surface area contributed by atoms with E-state index in [0.717, 1.165) is 40.8 Å². The summed E-state index contributed by atoms with van der Waals surface area (Å²) in [5.41, 5.74) is 3.50. The first-order chi connectivity index (χ1) is 16.2. The number of carbonyl (C=O) groups excluding carboxylic acids is 3. The topological polar surface area (TPSA) is 79.0 Å². The zero-order chi connectivity index (χ0) is 24.1. The van der Waals surface area contributed by atoms with Gasteiger partial charge < -0.3 is 10.1 Å². The van der Waals surface area contributed by atoms with Gasteiger partial charge in [-0.1, -0.05) is 29.3 Å². The molecule has 3 fully saturated rings. The van der Waals surface area contributed by atoms with Crippen LogP contribution in [0.4, 0.5) is 11.4 Å². The van der Waals surface area contributed by atoms with Crippen LogP contribution >= 0.6 is 11.6 Å². The van der Waals surface area contributed by atoms with E-state index in [1.54, 1.807) is 12.1 Å². The van der Waals surface area contributed by atoms with Crippen molar-refractivity contribution >= 4 is 40.7 Å². The molecule has 0 saturated carbocycles. The summed E-state index contributed by atoms with van der Waals surface area (Å²) in [4.78, 5) is 45.4. The second kappa shape index (κ2) is 7.06. The first-order valence-corrected chi connectivity index (χ1v) is 12.0. The largest absolute Gasteiger partial charge is 0.495 e. The van der Waals surface area contributed by atoms with E-state index in [0.29, 0.717) is 23.0 Å². The number of aryl methyl sites for hydroxylation is 3. The van der Waals surface area contributed by atoms with Crippen molar-refractivity contribution in [3.05, 3.63) is 51.5 Å². The average molecular weight is 480 g/mol. The van der Waals surface area contributed by atoms with Gasteiger partial charge in [-0.15, -0.1) is 0 Å². The zero-order valence-electron chi connectivity index (χ0n) is 19.6. The number of ether oxygens (including phenoxy) is 1. The molecule has 4 aliphatic heterocycles. The lowest BCUT2D eigenvalue weighted by atomic mass is 9.75. The molecule has 1 N–H and O–H groups in total. The van der Waals surface area contributed by atoms with Crippen LogP contribution in [0.1, 0.15) is 35.1 Å². The second-order valence-electron chi connectivity index (χ2n) is 9.92. The molecule has 0 aromatic heterocycles. The molecule has 176 valence electrons. The minimum atomic E-state index is -1.19. The summed E-state index contributed by atoms with van der Waals surface area (Å²) in [5, 5.41) is 3.57. The van der Waals surface area contributed by atoms with Crippen molar-refractivity contribution in [2.45, 2.75) is 45.2 Å². The number of amides is 3. The number of nitrogens with one attached hydrogen (secondary N) is 1. The Bertz CT molecular complexity index is 1310. The molecule has 34 heavy (non-hydrogen) atoms. The van der Waals surface area contributed by atoms with Crippen molar-refractivity contribution in [1.82, 2.24) is 4.90 Å². The number of benzene rings is 2. The van der Waals surface area contributed by atoms with Crippen LogP contribution in [0.25, 0.3) is 0 Å². The predicted octanol–water partition coefficient (Wildman–Crippen LogP) is 3.71. The molecular weight excluding hydrogens is 454 g/mol. The van der Waals surface area contributed by atoms with Crippen molar-refractivity contribution in [1.29, 1.82) is 0 Å². The molecule has 0 unspecified atom stereocenters. The van der Waals surface area contributed by atoms with Gasteiger partial charge in [0.25, 0.3) is 0 Å². The lowest BCUT2D eigenvalue weighted by Gasteiger charge is -2.37. The third-order valence-electron chi connectivity index (χ3n) is 8.14. The quantitative estimate of drug-likeness (QED) is 0.664. The van der Waals surface area contributed by atoms with Gasteiger partial charge in [-0.05, 0) is 57.4 Å². The average Bonchev–Trinajstić information content (AvgIpc) is 3.49. The fourth-order valence-corrected chi connectivity index (χ4v) is 7.04. The van der Waals surface area contributed by atoms with Gasteiger partial charge in [0.1, 0.15) is 11.3 Å². The van der Waals surface area contributed by atoms with Crippen LogP contribution in [-0.4, -0.2) is 42.3 Å². The highest BCUT2D eigenvalue weighted by Gasteiger charge is 2.74. The van der Waals surface area contributed by atoms with Crippen LogP contribution in [0.3, 0.4) is 0 Å². The summed E-state index contributed by atoms with van der Waals surface area (Å²) in [6, 6.07) is 7.22. The minimum absolute atomic E-state index is 0.164. The number of methoxy groups -OCH3 is 1. The van der Waals surface area contributed by atoms with Crippen molar-refractivity contribution in [2.24, 2.45) is 11.8 Å². The second-order valence-corrected chi connectivity index (χ2v) is 10.3. The molecule has 2 aromatic rings. The Morgan fingerprint density at radius 1 is 1.06 bits per heavy atom. The van der Waals surface area contributed by atoms with Gasteiger partial charge >= 0.3 is 0 Å². The van der Waals surface area contributed by atoms with Crippen LogP contribution in [-0.2, 0) is 19.9 Å². The predicted molar refractivity (Wildman–Crippen MR) is 128 cm³/mol. The summed E-state index contributed by atoms with van der Waals surface area (Å²) in [6.45, 7) is 6.46. The van der Waals surface area contributed by atoms with E-state index >= 15 is 0 Å². The third-order valence-corrected chi connectivity index (χ3v) is 8.55. The van der Waals surface area contributed by atoms with E-state index in [1.165, 1.54) is 12.0 Å². The summed E-state index contributed by atoms with van der Waals surface area (Å²) >= 11 is 6.29. The number of rotatable bonds is 2. The number of nitrogens with zero attached hydrogens (tertiary/aromatic N) is 2. The number of halogens is 1. The van der Waals surface area contributed by atoms with Gasteiger partial charge in [-0.25, -0.2) is 4.90 Å². The normalized spacial score (nSPS) is 29.6. The van der Waals surface area contributed by atoms with E-state index in [9.17, 15) is 14.4 Å². The molecule has 4 atom stereocenters. The Hall–Kier alpha value is -2.90. The molecule has 2 aromatic carbocycles. The molecule has 6 rings (SSSR count). The molecule has 7 nitrogen and oxygen atoms in total. The number of imide groups is 1. The maximum Gasteiger partial charge on any atom is 0.250 e. The van der Waals surface area contributed by atoms with Crippen molar-refractivity contribution < 1.29 is 19.1 Å². The van der Waals surface area contributed by atoms with Crippen molar-refractivity contribution in [2.75, 3.05) is 23.9 Å². The number of carbonyl (C=O) groups is 3. The molecule has 4 heterocycles. The third kappa shape index (κ3) is 2.44. The summed E-state index contributed by atoms with van der Waals surface area (Å²) in [5.74, 6) is -1.86. The zero-order valence-corrected chi connectivity index (χ0v) is 20.3. The van der Waals surface area contributed by atoms with E-state index < -0.39 is 17.4 Å². The van der Waals surface area contributed by atoms with Gasteiger partial charge in [0.05, 0.1) is 24.6 Å². The van der Waals surface area contributed by atoms with Crippen LogP contribution in [0, 0.1) is 32.6 Å². The first kappa shape index (κ1) is 21.6. The fourth-order valence-electron chi connectivity index (χ4n) is 6.88. The number of hydrogen-bond donors (Lipinski definition) is 1. The maximum absolute atomic E-state index is 14.2. The van der Waals surface area contributed by atoms with E-state index in [4.69, 9.17) is 16.3 Å². The number of hydrogen-bond acceptors (Lipinski definition) is 5. The van der Waals surface area contributed by atoms with Gasteiger partial charge in [-0.3, -0.25) is 19.3 Å². The highest BCUT2D eigenvalue weighted by atomic mass is 35.5. The number of anilines is 2. The molecule has 0 aliphatic carbocycles. The first-order valence-electron chi connectivity index (χ1n) is 11.6. The lowest BCUT2D eigenvalue weighted by Crippen LogP contribution is -2.54. The van der Waals surface area contributed by atoms with Gasteiger partial charge in [0, 0.05) is 28.4 Å². The van der Waals surface area contributed by atoms with E-state index in [1.807, 2.05) is 32.9 Å².